The lowest BCUT2D eigenvalue weighted by molar-refractivity contribution is -0.132. The number of nitrogens with zero attached hydrogens (tertiary/aromatic N) is 3. The van der Waals surface area contributed by atoms with Crippen LogP contribution in [0, 0.1) is 5.92 Å². The summed E-state index contributed by atoms with van der Waals surface area (Å²) in [5.74, 6) is 2.42. The van der Waals surface area contributed by atoms with Gasteiger partial charge in [-0.3, -0.25) is 4.79 Å². The summed E-state index contributed by atoms with van der Waals surface area (Å²) in [6, 6.07) is 3.79. The summed E-state index contributed by atoms with van der Waals surface area (Å²) >= 11 is 0. The topological polar surface area (TPSA) is 45.7 Å². The fraction of sp³-hybridized carbons (Fsp3) is 0.571. The molecule has 5 heteroatoms. The van der Waals surface area contributed by atoms with Gasteiger partial charge in [-0.15, -0.1) is 0 Å². The molecular formula is C14H19N3O2. The fourth-order valence-electron chi connectivity index (χ4n) is 2.44. The molecule has 0 unspecified atom stereocenters. The van der Waals surface area contributed by atoms with Gasteiger partial charge in [0.05, 0.1) is 7.11 Å². The van der Waals surface area contributed by atoms with Crippen LogP contribution in [0.25, 0.3) is 0 Å². The van der Waals surface area contributed by atoms with Crippen LogP contribution in [0.3, 0.4) is 0 Å². The summed E-state index contributed by atoms with van der Waals surface area (Å²) in [5, 5.41) is 0. The number of carbonyl (C=O) groups is 1. The third-order valence-electron chi connectivity index (χ3n) is 3.79. The van der Waals surface area contributed by atoms with Crippen LogP contribution in [-0.2, 0) is 4.79 Å². The number of methoxy groups -OCH3 is 1. The maximum absolute atomic E-state index is 12.0. The fourth-order valence-corrected chi connectivity index (χ4v) is 2.44. The molecule has 5 nitrogen and oxygen atoms in total. The summed E-state index contributed by atoms with van der Waals surface area (Å²) in [6.45, 7) is 3.29. The van der Waals surface area contributed by atoms with Crippen LogP contribution in [0.2, 0.25) is 0 Å². The second-order valence-electron chi connectivity index (χ2n) is 5.14. The number of rotatable bonds is 3. The van der Waals surface area contributed by atoms with E-state index in [0.29, 0.717) is 11.8 Å². The predicted octanol–water partition coefficient (Wildman–Crippen LogP) is 1.15. The molecule has 1 aromatic heterocycles. The Labute approximate surface area is 113 Å². The molecule has 1 aliphatic carbocycles. The molecule has 2 fully saturated rings. The molecule has 2 aliphatic rings. The number of piperazine rings is 1. The highest BCUT2D eigenvalue weighted by Gasteiger charge is 2.34. The number of pyridine rings is 1. The van der Waals surface area contributed by atoms with Crippen LogP contribution < -0.4 is 9.64 Å². The minimum Gasteiger partial charge on any atom is -0.497 e. The number of hydrogen-bond acceptors (Lipinski definition) is 4. The Balaban J connectivity index is 1.61. The van der Waals surface area contributed by atoms with Crippen LogP contribution >= 0.6 is 0 Å². The van der Waals surface area contributed by atoms with Crippen molar-refractivity contribution in [2.24, 2.45) is 5.92 Å². The average Bonchev–Trinajstić information content (AvgIpc) is 3.31. The number of carbonyl (C=O) groups excluding carboxylic acids is 1. The first kappa shape index (κ1) is 12.3. The summed E-state index contributed by atoms with van der Waals surface area (Å²) in [4.78, 5) is 20.5. The summed E-state index contributed by atoms with van der Waals surface area (Å²) in [5.41, 5.74) is 0. The van der Waals surface area contributed by atoms with E-state index >= 15 is 0 Å². The standard InChI is InChI=1S/C14H19N3O2/c1-19-12-4-5-15-13(10-12)16-6-8-17(9-7-16)14(18)11-2-3-11/h4-5,10-11H,2-3,6-9H2,1H3. The van der Waals surface area contributed by atoms with Gasteiger partial charge < -0.3 is 14.5 Å². The third kappa shape index (κ3) is 2.64. The molecule has 1 aromatic rings. The molecule has 0 N–H and O–H groups in total. The van der Waals surface area contributed by atoms with Gasteiger partial charge in [0.25, 0.3) is 0 Å². The molecule has 19 heavy (non-hydrogen) atoms. The maximum Gasteiger partial charge on any atom is 0.225 e. The molecule has 0 bridgehead atoms. The zero-order valence-corrected chi connectivity index (χ0v) is 11.2. The number of anilines is 1. The highest BCUT2D eigenvalue weighted by molar-refractivity contribution is 5.81. The zero-order chi connectivity index (χ0) is 13.2. The van der Waals surface area contributed by atoms with Crippen molar-refractivity contribution < 1.29 is 9.53 Å². The van der Waals surface area contributed by atoms with Crippen molar-refractivity contribution >= 4 is 11.7 Å². The second kappa shape index (κ2) is 5.07. The molecule has 0 aromatic carbocycles. The van der Waals surface area contributed by atoms with Gasteiger partial charge in [0.1, 0.15) is 11.6 Å². The molecule has 0 radical (unpaired) electrons. The zero-order valence-electron chi connectivity index (χ0n) is 11.2. The monoisotopic (exact) mass is 261 g/mol. The van der Waals surface area contributed by atoms with Gasteiger partial charge in [-0.2, -0.15) is 0 Å². The van der Waals surface area contributed by atoms with E-state index in [0.717, 1.165) is 50.6 Å². The Morgan fingerprint density at radius 1 is 1.32 bits per heavy atom. The minimum absolute atomic E-state index is 0.321. The Morgan fingerprint density at radius 3 is 2.68 bits per heavy atom. The van der Waals surface area contributed by atoms with E-state index in [4.69, 9.17) is 4.74 Å². The van der Waals surface area contributed by atoms with Gasteiger partial charge in [0.2, 0.25) is 5.91 Å². The molecular weight excluding hydrogens is 242 g/mol. The van der Waals surface area contributed by atoms with Crippen molar-refractivity contribution in [1.82, 2.24) is 9.88 Å². The van der Waals surface area contributed by atoms with E-state index in [-0.39, 0.29) is 0 Å². The molecule has 0 spiro atoms. The molecule has 1 amide bonds. The van der Waals surface area contributed by atoms with Gasteiger partial charge >= 0.3 is 0 Å². The average molecular weight is 261 g/mol. The molecule has 1 aliphatic heterocycles. The van der Waals surface area contributed by atoms with Crippen LogP contribution in [-0.4, -0.2) is 49.1 Å². The van der Waals surface area contributed by atoms with E-state index in [2.05, 4.69) is 9.88 Å². The van der Waals surface area contributed by atoms with Crippen molar-refractivity contribution in [3.8, 4) is 5.75 Å². The summed E-state index contributed by atoms with van der Waals surface area (Å²) < 4.78 is 5.21. The number of ether oxygens (including phenoxy) is 1. The first-order valence-electron chi connectivity index (χ1n) is 6.81. The van der Waals surface area contributed by atoms with Crippen LogP contribution in [0.1, 0.15) is 12.8 Å². The third-order valence-corrected chi connectivity index (χ3v) is 3.79. The highest BCUT2D eigenvalue weighted by atomic mass is 16.5. The van der Waals surface area contributed by atoms with Gasteiger partial charge in [0, 0.05) is 44.4 Å². The van der Waals surface area contributed by atoms with E-state index in [1.807, 2.05) is 17.0 Å². The lowest BCUT2D eigenvalue weighted by Gasteiger charge is -2.35. The lowest BCUT2D eigenvalue weighted by Crippen LogP contribution is -2.49. The van der Waals surface area contributed by atoms with E-state index in [1.165, 1.54) is 0 Å². The van der Waals surface area contributed by atoms with E-state index in [1.54, 1.807) is 13.3 Å². The van der Waals surface area contributed by atoms with Crippen molar-refractivity contribution in [1.29, 1.82) is 0 Å². The molecule has 0 atom stereocenters. The summed E-state index contributed by atoms with van der Waals surface area (Å²) in [7, 11) is 1.66. The Hall–Kier alpha value is -1.78. The SMILES string of the molecule is COc1ccnc(N2CCN(C(=O)C3CC3)CC2)c1. The quantitative estimate of drug-likeness (QED) is 0.819. The Morgan fingerprint density at radius 2 is 2.05 bits per heavy atom. The predicted molar refractivity (Wildman–Crippen MR) is 72.3 cm³/mol. The summed E-state index contributed by atoms with van der Waals surface area (Å²) in [6.07, 6.45) is 3.92. The molecule has 1 saturated heterocycles. The Kier molecular flexibility index (Phi) is 3.27. The number of hydrogen-bond donors (Lipinski definition) is 0. The smallest absolute Gasteiger partial charge is 0.225 e. The van der Waals surface area contributed by atoms with Gasteiger partial charge in [-0.1, -0.05) is 0 Å². The van der Waals surface area contributed by atoms with Gasteiger partial charge in [-0.05, 0) is 18.9 Å². The normalized spacial score (nSPS) is 19.4. The van der Waals surface area contributed by atoms with Crippen LogP contribution in [0.15, 0.2) is 18.3 Å². The minimum atomic E-state index is 0.321. The molecule has 102 valence electrons. The first-order valence-corrected chi connectivity index (χ1v) is 6.81. The first-order chi connectivity index (χ1) is 9.28. The van der Waals surface area contributed by atoms with E-state index in [9.17, 15) is 4.79 Å². The second-order valence-corrected chi connectivity index (χ2v) is 5.14. The van der Waals surface area contributed by atoms with E-state index < -0.39 is 0 Å². The molecule has 3 rings (SSSR count). The number of aromatic nitrogens is 1. The van der Waals surface area contributed by atoms with Crippen molar-refractivity contribution in [3.63, 3.8) is 0 Å². The lowest BCUT2D eigenvalue weighted by atomic mass is 10.2. The van der Waals surface area contributed by atoms with Crippen LogP contribution in [0.4, 0.5) is 5.82 Å². The number of amides is 1. The van der Waals surface area contributed by atoms with Crippen LogP contribution in [0.5, 0.6) is 5.75 Å². The van der Waals surface area contributed by atoms with Crippen molar-refractivity contribution in [3.05, 3.63) is 18.3 Å². The van der Waals surface area contributed by atoms with Crippen molar-refractivity contribution in [2.75, 3.05) is 38.2 Å². The molecule has 2 heterocycles. The Bertz CT molecular complexity index is 466. The van der Waals surface area contributed by atoms with Gasteiger partial charge in [0.15, 0.2) is 0 Å². The molecule has 1 saturated carbocycles. The highest BCUT2D eigenvalue weighted by Crippen LogP contribution is 2.31. The van der Waals surface area contributed by atoms with Gasteiger partial charge in [-0.25, -0.2) is 4.98 Å². The largest absolute Gasteiger partial charge is 0.497 e. The van der Waals surface area contributed by atoms with Crippen molar-refractivity contribution in [2.45, 2.75) is 12.8 Å². The maximum atomic E-state index is 12.0.